The maximum Gasteiger partial charge on any atom is 0.240 e. The first-order valence-electron chi connectivity index (χ1n) is 7.94. The van der Waals surface area contributed by atoms with E-state index in [1.54, 1.807) is 0 Å². The van der Waals surface area contributed by atoms with Gasteiger partial charge >= 0.3 is 0 Å². The van der Waals surface area contributed by atoms with E-state index in [0.29, 0.717) is 25.1 Å². The number of nitrogens with one attached hydrogen (secondary N) is 1. The van der Waals surface area contributed by atoms with Gasteiger partial charge in [-0.15, -0.1) is 0 Å². The lowest BCUT2D eigenvalue weighted by molar-refractivity contribution is -0.123. The quantitative estimate of drug-likeness (QED) is 0.692. The fourth-order valence-corrected chi connectivity index (χ4v) is 3.87. The second-order valence-corrected chi connectivity index (χ2v) is 7.70. The highest BCUT2D eigenvalue weighted by atomic mass is 32.2. The Bertz CT molecular complexity index is 710. The third kappa shape index (κ3) is 5.03. The minimum Gasteiger partial charge on any atom is -0.369 e. The van der Waals surface area contributed by atoms with Crippen LogP contribution < -0.4 is 10.5 Å². The van der Waals surface area contributed by atoms with Crippen LogP contribution in [0.25, 0.3) is 0 Å². The maximum absolute atomic E-state index is 12.2. The zero-order chi connectivity index (χ0) is 17.6. The van der Waals surface area contributed by atoms with Crippen LogP contribution in [-0.4, -0.2) is 45.4 Å². The molecule has 1 saturated heterocycles. The smallest absolute Gasteiger partial charge is 0.240 e. The molecular weight excluding hydrogens is 328 g/mol. The van der Waals surface area contributed by atoms with Crippen molar-refractivity contribution in [1.29, 1.82) is 5.26 Å². The van der Waals surface area contributed by atoms with E-state index in [2.05, 4.69) is 9.62 Å². The van der Waals surface area contributed by atoms with Gasteiger partial charge in [-0.2, -0.15) is 5.26 Å². The van der Waals surface area contributed by atoms with Gasteiger partial charge < -0.3 is 10.6 Å². The summed E-state index contributed by atoms with van der Waals surface area (Å²) in [4.78, 5) is 13.5. The number of nitriles is 1. The van der Waals surface area contributed by atoms with E-state index in [9.17, 15) is 13.2 Å². The molecule has 0 bridgehead atoms. The third-order valence-corrected chi connectivity index (χ3v) is 5.62. The molecule has 1 unspecified atom stereocenters. The number of nitrogens with two attached hydrogens (primary N) is 1. The van der Waals surface area contributed by atoms with Crippen molar-refractivity contribution in [2.45, 2.75) is 24.2 Å². The monoisotopic (exact) mass is 350 g/mol. The number of sulfonamides is 1. The second-order valence-electron chi connectivity index (χ2n) is 5.93. The van der Waals surface area contributed by atoms with Gasteiger partial charge in [0.1, 0.15) is 0 Å². The summed E-state index contributed by atoms with van der Waals surface area (Å²) in [7, 11) is -3.56. The number of hydrogen-bond acceptors (Lipinski definition) is 5. The Kier molecular flexibility index (Phi) is 6.31. The maximum atomic E-state index is 12.2. The molecule has 8 heteroatoms. The van der Waals surface area contributed by atoms with Crippen LogP contribution >= 0.6 is 0 Å². The lowest BCUT2D eigenvalue weighted by Gasteiger charge is -2.31. The number of carbonyl (C=O) groups excluding carboxylic acids is 1. The van der Waals surface area contributed by atoms with Crippen LogP contribution in [0.15, 0.2) is 29.2 Å². The van der Waals surface area contributed by atoms with Crippen LogP contribution in [0, 0.1) is 17.2 Å². The van der Waals surface area contributed by atoms with E-state index in [-0.39, 0.29) is 16.7 Å². The molecule has 2 rings (SSSR count). The molecule has 1 aromatic rings. The summed E-state index contributed by atoms with van der Waals surface area (Å²) < 4.78 is 26.9. The number of carbonyl (C=O) groups is 1. The second kappa shape index (κ2) is 8.24. The molecule has 1 aliphatic rings. The predicted molar refractivity (Wildman–Crippen MR) is 89.3 cm³/mol. The van der Waals surface area contributed by atoms with Gasteiger partial charge in [-0.1, -0.05) is 0 Å². The molecule has 1 fully saturated rings. The van der Waals surface area contributed by atoms with Gasteiger partial charge in [0.2, 0.25) is 15.9 Å². The average Bonchev–Trinajstić information content (AvgIpc) is 2.59. The highest BCUT2D eigenvalue weighted by Crippen LogP contribution is 2.16. The molecule has 1 heterocycles. The number of piperidine rings is 1. The lowest BCUT2D eigenvalue weighted by Crippen LogP contribution is -2.42. The minimum atomic E-state index is -3.56. The molecule has 130 valence electrons. The highest BCUT2D eigenvalue weighted by Gasteiger charge is 2.23. The van der Waals surface area contributed by atoms with E-state index in [1.807, 2.05) is 6.07 Å². The van der Waals surface area contributed by atoms with Gasteiger partial charge in [-0.3, -0.25) is 4.79 Å². The summed E-state index contributed by atoms with van der Waals surface area (Å²) >= 11 is 0. The number of nitrogens with zero attached hydrogens (tertiary/aromatic N) is 2. The van der Waals surface area contributed by atoms with Crippen molar-refractivity contribution in [1.82, 2.24) is 9.62 Å². The predicted octanol–water partition coefficient (Wildman–Crippen LogP) is 0.424. The van der Waals surface area contributed by atoms with Crippen molar-refractivity contribution in [3.8, 4) is 6.07 Å². The number of amides is 1. The van der Waals surface area contributed by atoms with Crippen molar-refractivity contribution < 1.29 is 13.2 Å². The molecule has 24 heavy (non-hydrogen) atoms. The van der Waals surface area contributed by atoms with Gasteiger partial charge in [0.25, 0.3) is 0 Å². The largest absolute Gasteiger partial charge is 0.369 e. The first-order chi connectivity index (χ1) is 11.4. The number of primary amides is 1. The van der Waals surface area contributed by atoms with Gasteiger partial charge in [0.05, 0.1) is 22.4 Å². The van der Waals surface area contributed by atoms with Crippen molar-refractivity contribution >= 4 is 15.9 Å². The Balaban J connectivity index is 1.78. The molecule has 3 N–H and O–H groups in total. The average molecular weight is 350 g/mol. The fourth-order valence-electron chi connectivity index (χ4n) is 2.79. The number of benzene rings is 1. The van der Waals surface area contributed by atoms with Gasteiger partial charge in [-0.05, 0) is 56.6 Å². The fraction of sp³-hybridized carbons (Fsp3) is 0.500. The lowest BCUT2D eigenvalue weighted by atomic mass is 9.97. The van der Waals surface area contributed by atoms with Crippen LogP contribution in [0.2, 0.25) is 0 Å². The van der Waals surface area contributed by atoms with E-state index in [0.717, 1.165) is 25.9 Å². The first kappa shape index (κ1) is 18.4. The summed E-state index contributed by atoms with van der Waals surface area (Å²) in [5, 5.41) is 8.73. The first-order valence-corrected chi connectivity index (χ1v) is 9.42. The Hall–Kier alpha value is -1.95. The highest BCUT2D eigenvalue weighted by molar-refractivity contribution is 7.89. The Morgan fingerprint density at radius 1 is 1.38 bits per heavy atom. The molecule has 0 aromatic heterocycles. The van der Waals surface area contributed by atoms with Crippen molar-refractivity contribution in [2.24, 2.45) is 11.7 Å². The van der Waals surface area contributed by atoms with Crippen LogP contribution in [0.4, 0.5) is 0 Å². The molecule has 1 amide bonds. The molecule has 0 saturated carbocycles. The van der Waals surface area contributed by atoms with Crippen LogP contribution in [0.3, 0.4) is 0 Å². The van der Waals surface area contributed by atoms with Crippen molar-refractivity contribution in [2.75, 3.05) is 26.2 Å². The summed E-state index contributed by atoms with van der Waals surface area (Å²) in [6, 6.07) is 7.75. The molecule has 0 spiro atoms. The van der Waals surface area contributed by atoms with Crippen molar-refractivity contribution in [3.63, 3.8) is 0 Å². The molecule has 0 radical (unpaired) electrons. The zero-order valence-electron chi connectivity index (χ0n) is 13.4. The molecule has 1 atom stereocenters. The summed E-state index contributed by atoms with van der Waals surface area (Å²) in [5.74, 6) is -0.365. The number of hydrogen-bond donors (Lipinski definition) is 2. The van der Waals surface area contributed by atoms with E-state index < -0.39 is 10.0 Å². The topological polar surface area (TPSA) is 116 Å². The van der Waals surface area contributed by atoms with Crippen molar-refractivity contribution in [3.05, 3.63) is 29.8 Å². The Morgan fingerprint density at radius 3 is 2.71 bits per heavy atom. The Morgan fingerprint density at radius 2 is 2.08 bits per heavy atom. The minimum absolute atomic E-state index is 0.103. The number of rotatable bonds is 7. The van der Waals surface area contributed by atoms with Crippen LogP contribution in [0.1, 0.15) is 24.8 Å². The summed E-state index contributed by atoms with van der Waals surface area (Å²) in [6.07, 6.45) is 2.42. The standard InChI is InChI=1S/C16H22N4O3S/c17-11-13-4-6-15(7-5-13)24(22,23)19-8-2-10-20-9-1-3-14(12-20)16(18)21/h4-7,14,19H,1-3,8-10,12H2,(H2,18,21). The molecule has 0 aliphatic carbocycles. The van der Waals surface area contributed by atoms with Gasteiger partial charge in [-0.25, -0.2) is 13.1 Å². The van der Waals surface area contributed by atoms with Gasteiger partial charge in [0.15, 0.2) is 0 Å². The molecular formula is C16H22N4O3S. The zero-order valence-corrected chi connectivity index (χ0v) is 14.3. The normalized spacial score (nSPS) is 18.9. The molecule has 7 nitrogen and oxygen atoms in total. The third-order valence-electron chi connectivity index (χ3n) is 4.14. The Labute approximate surface area is 142 Å². The number of likely N-dealkylation sites (tertiary alicyclic amines) is 1. The van der Waals surface area contributed by atoms with Crippen LogP contribution in [-0.2, 0) is 14.8 Å². The molecule has 1 aromatic carbocycles. The van der Waals surface area contributed by atoms with Gasteiger partial charge in [0, 0.05) is 13.1 Å². The van der Waals surface area contributed by atoms with E-state index in [1.165, 1.54) is 24.3 Å². The van der Waals surface area contributed by atoms with E-state index >= 15 is 0 Å². The summed E-state index contributed by atoms with van der Waals surface area (Å²) in [6.45, 7) is 2.60. The molecule has 1 aliphatic heterocycles. The SMILES string of the molecule is N#Cc1ccc(S(=O)(=O)NCCCN2CCCC(C(N)=O)C2)cc1. The van der Waals surface area contributed by atoms with Crippen LogP contribution in [0.5, 0.6) is 0 Å². The summed E-state index contributed by atoms with van der Waals surface area (Å²) in [5.41, 5.74) is 5.77. The van der Waals surface area contributed by atoms with E-state index in [4.69, 9.17) is 11.0 Å².